The third-order valence-corrected chi connectivity index (χ3v) is 5.64. The molecule has 1 fully saturated rings. The van der Waals surface area contributed by atoms with E-state index in [1.165, 1.54) is 11.1 Å². The molecule has 0 unspecified atom stereocenters. The number of rotatable bonds is 4. The maximum atomic E-state index is 8.96. The number of halogens is 1. The first-order valence-corrected chi connectivity index (χ1v) is 9.88. The summed E-state index contributed by atoms with van der Waals surface area (Å²) in [6.45, 7) is 0. The van der Waals surface area contributed by atoms with Crippen molar-refractivity contribution in [3.8, 4) is 11.8 Å². The molecule has 1 heterocycles. The van der Waals surface area contributed by atoms with Crippen LogP contribution in [0.4, 0.5) is 5.82 Å². The molecule has 2 aliphatic rings. The van der Waals surface area contributed by atoms with Crippen molar-refractivity contribution in [1.29, 1.82) is 5.26 Å². The number of ether oxygens (including phenoxy) is 1. The molecule has 138 valence electrons. The van der Waals surface area contributed by atoms with E-state index in [1.807, 2.05) is 12.3 Å². The zero-order valence-corrected chi connectivity index (χ0v) is 15.9. The molecular formula is C22H22ClN3O. The number of hydrogen-bond acceptors (Lipinski definition) is 4. The molecule has 0 atom stereocenters. The van der Waals surface area contributed by atoms with Crippen LogP contribution < -0.4 is 10.1 Å². The second kappa shape index (κ2) is 8.02. The van der Waals surface area contributed by atoms with Gasteiger partial charge in [-0.1, -0.05) is 23.8 Å². The Bertz CT molecular complexity index is 895. The number of nitrogens with one attached hydrogen (secondary N) is 1. The van der Waals surface area contributed by atoms with E-state index in [2.05, 4.69) is 34.6 Å². The van der Waals surface area contributed by atoms with Crippen molar-refractivity contribution in [2.75, 3.05) is 5.32 Å². The highest BCUT2D eigenvalue weighted by Crippen LogP contribution is 2.30. The van der Waals surface area contributed by atoms with Gasteiger partial charge in [-0.2, -0.15) is 5.26 Å². The minimum absolute atomic E-state index is 0.185. The molecule has 0 saturated heterocycles. The third-order valence-electron chi connectivity index (χ3n) is 5.32. The van der Waals surface area contributed by atoms with Gasteiger partial charge < -0.3 is 10.1 Å². The molecular weight excluding hydrogens is 358 g/mol. The summed E-state index contributed by atoms with van der Waals surface area (Å²) < 4.78 is 6.08. The van der Waals surface area contributed by atoms with Gasteiger partial charge >= 0.3 is 0 Å². The average Bonchev–Trinajstić information content (AvgIpc) is 2.70. The Kier molecular flexibility index (Phi) is 5.31. The smallest absolute Gasteiger partial charge is 0.133 e. The van der Waals surface area contributed by atoms with Crippen LogP contribution in [0.3, 0.4) is 0 Å². The zero-order valence-electron chi connectivity index (χ0n) is 15.1. The molecule has 0 spiro atoms. The summed E-state index contributed by atoms with van der Waals surface area (Å²) in [5, 5.41) is 13.0. The van der Waals surface area contributed by atoms with E-state index in [0.717, 1.165) is 50.1 Å². The van der Waals surface area contributed by atoms with E-state index in [4.69, 9.17) is 21.6 Å². The van der Waals surface area contributed by atoms with E-state index in [9.17, 15) is 0 Å². The van der Waals surface area contributed by atoms with E-state index in [0.29, 0.717) is 16.6 Å². The molecule has 5 heteroatoms. The lowest BCUT2D eigenvalue weighted by atomic mass is 9.92. The van der Waals surface area contributed by atoms with Crippen molar-refractivity contribution >= 4 is 23.5 Å². The number of nitrogens with zero attached hydrogens (tertiary/aromatic N) is 2. The molecule has 0 bridgehead atoms. The molecule has 2 aliphatic carbocycles. The van der Waals surface area contributed by atoms with E-state index in [1.54, 1.807) is 12.1 Å². The monoisotopic (exact) mass is 379 g/mol. The maximum Gasteiger partial charge on any atom is 0.133 e. The highest BCUT2D eigenvalue weighted by atomic mass is 35.5. The lowest BCUT2D eigenvalue weighted by molar-refractivity contribution is 0.150. The highest BCUT2D eigenvalue weighted by Gasteiger charge is 2.24. The predicted molar refractivity (Wildman–Crippen MR) is 108 cm³/mol. The molecule has 1 aromatic heterocycles. The Morgan fingerprint density at radius 1 is 1.19 bits per heavy atom. The number of fused-ring (bicyclic) bond motifs is 1. The first-order chi connectivity index (χ1) is 13.2. The van der Waals surface area contributed by atoms with Gasteiger partial charge in [-0.3, -0.25) is 0 Å². The summed E-state index contributed by atoms with van der Waals surface area (Å²) in [7, 11) is 0. The van der Waals surface area contributed by atoms with Crippen molar-refractivity contribution in [2.24, 2.45) is 0 Å². The largest absolute Gasteiger partial charge is 0.490 e. The maximum absolute atomic E-state index is 8.96. The van der Waals surface area contributed by atoms with Gasteiger partial charge in [0.2, 0.25) is 0 Å². The zero-order chi connectivity index (χ0) is 18.6. The van der Waals surface area contributed by atoms with E-state index in [-0.39, 0.29) is 6.10 Å². The second-order valence-electron chi connectivity index (χ2n) is 7.16. The lowest BCUT2D eigenvalue weighted by Crippen LogP contribution is -2.31. The fourth-order valence-corrected chi connectivity index (χ4v) is 4.06. The Hall–Kier alpha value is -2.51. The number of aromatic nitrogens is 1. The Morgan fingerprint density at radius 3 is 2.81 bits per heavy atom. The van der Waals surface area contributed by atoms with Crippen LogP contribution in [0.2, 0.25) is 5.02 Å². The van der Waals surface area contributed by atoms with Crippen LogP contribution in [0, 0.1) is 11.3 Å². The molecule has 1 saturated carbocycles. The molecule has 0 radical (unpaired) electrons. The first-order valence-electron chi connectivity index (χ1n) is 9.50. The van der Waals surface area contributed by atoms with Crippen molar-refractivity contribution in [2.45, 2.75) is 50.7 Å². The summed E-state index contributed by atoms with van der Waals surface area (Å²) in [5.41, 5.74) is 3.10. The van der Waals surface area contributed by atoms with Crippen LogP contribution in [0.1, 0.15) is 48.8 Å². The minimum atomic E-state index is 0.185. The molecule has 4 rings (SSSR count). The topological polar surface area (TPSA) is 57.9 Å². The van der Waals surface area contributed by atoms with Gasteiger partial charge in [0.05, 0.1) is 16.7 Å². The second-order valence-corrected chi connectivity index (χ2v) is 7.57. The minimum Gasteiger partial charge on any atom is -0.490 e. The summed E-state index contributed by atoms with van der Waals surface area (Å²) in [6, 6.07) is 9.88. The lowest BCUT2D eigenvalue weighted by Gasteiger charge is -2.30. The molecule has 27 heavy (non-hydrogen) atoms. The van der Waals surface area contributed by atoms with E-state index < -0.39 is 0 Å². The van der Waals surface area contributed by atoms with Crippen LogP contribution in [-0.4, -0.2) is 17.1 Å². The van der Waals surface area contributed by atoms with Crippen LogP contribution >= 0.6 is 11.6 Å². The van der Waals surface area contributed by atoms with Gasteiger partial charge in [0.25, 0.3) is 0 Å². The quantitative estimate of drug-likeness (QED) is 0.775. The Balaban J connectivity index is 1.34. The number of anilines is 1. The SMILES string of the molecule is N#Cc1ccc(OC2CCC(Nc3nccc4c3C=CCC4)CC2)cc1Cl. The van der Waals surface area contributed by atoms with Gasteiger partial charge in [-0.05, 0) is 62.3 Å². The summed E-state index contributed by atoms with van der Waals surface area (Å²) in [4.78, 5) is 4.56. The van der Waals surface area contributed by atoms with Crippen LogP contribution in [-0.2, 0) is 6.42 Å². The number of pyridine rings is 1. The average molecular weight is 380 g/mol. The van der Waals surface area contributed by atoms with Crippen molar-refractivity contribution < 1.29 is 4.74 Å². The summed E-state index contributed by atoms with van der Waals surface area (Å²) >= 11 is 6.09. The van der Waals surface area contributed by atoms with Gasteiger partial charge in [0.15, 0.2) is 0 Å². The standard InChI is InChI=1S/C22H22ClN3O/c23-21-13-19(8-5-16(21)14-24)27-18-9-6-17(7-10-18)26-22-20-4-2-1-3-15(20)11-12-25-22/h2,4-5,8,11-13,17-18H,1,3,6-7,9-10H2,(H,25,26). The Labute approximate surface area is 164 Å². The number of hydrogen-bond donors (Lipinski definition) is 1. The molecule has 0 amide bonds. The predicted octanol–water partition coefficient (Wildman–Crippen LogP) is 5.37. The van der Waals surface area contributed by atoms with Crippen LogP contribution in [0.15, 0.2) is 36.5 Å². The number of aryl methyl sites for hydroxylation is 1. The van der Waals surface area contributed by atoms with Gasteiger partial charge in [-0.25, -0.2) is 4.98 Å². The summed E-state index contributed by atoms with van der Waals surface area (Å²) in [5.74, 6) is 1.74. The van der Waals surface area contributed by atoms with Crippen molar-refractivity contribution in [1.82, 2.24) is 4.98 Å². The number of benzene rings is 1. The molecule has 2 aromatic rings. The van der Waals surface area contributed by atoms with Crippen LogP contribution in [0.25, 0.3) is 6.08 Å². The fraction of sp³-hybridized carbons (Fsp3) is 0.364. The number of allylic oxidation sites excluding steroid dienone is 1. The van der Waals surface area contributed by atoms with Crippen molar-refractivity contribution in [3.63, 3.8) is 0 Å². The Morgan fingerprint density at radius 2 is 2.04 bits per heavy atom. The molecule has 1 aromatic carbocycles. The molecule has 0 aliphatic heterocycles. The van der Waals surface area contributed by atoms with Gasteiger partial charge in [-0.15, -0.1) is 0 Å². The summed E-state index contributed by atoms with van der Waals surface area (Å²) in [6.07, 6.45) is 12.8. The highest BCUT2D eigenvalue weighted by molar-refractivity contribution is 6.31. The molecule has 4 nitrogen and oxygen atoms in total. The third kappa shape index (κ3) is 4.09. The van der Waals surface area contributed by atoms with E-state index >= 15 is 0 Å². The normalized spacial score (nSPS) is 21.2. The number of nitriles is 1. The first kappa shape index (κ1) is 17.9. The van der Waals surface area contributed by atoms with Crippen molar-refractivity contribution in [3.05, 3.63) is 58.3 Å². The van der Waals surface area contributed by atoms with Gasteiger partial charge in [0, 0.05) is 23.9 Å². The van der Waals surface area contributed by atoms with Gasteiger partial charge in [0.1, 0.15) is 17.6 Å². The fourth-order valence-electron chi connectivity index (χ4n) is 3.84. The molecule has 1 N–H and O–H groups in total. The van der Waals surface area contributed by atoms with Crippen LogP contribution in [0.5, 0.6) is 5.75 Å².